The number of nitrogens with zero attached hydrogens (tertiary/aromatic N) is 1. The smallest absolute Gasteiger partial charge is 0.339 e. The third-order valence-corrected chi connectivity index (χ3v) is 3.52. The highest BCUT2D eigenvalue weighted by Gasteiger charge is 2.36. The Morgan fingerprint density at radius 1 is 1.26 bits per heavy atom. The van der Waals surface area contributed by atoms with Crippen LogP contribution >= 0.6 is 0 Å². The standard InChI is InChI=1S/C14H22N2O3/c1-8-7-9(2)15-11(10(8)12(17)18)16-13(3,4)14(5,6)19/h7,19H,1-6H3,(H,15,16)(H,17,18). The molecule has 0 aliphatic carbocycles. The summed E-state index contributed by atoms with van der Waals surface area (Å²) in [7, 11) is 0. The van der Waals surface area contributed by atoms with Gasteiger partial charge in [0.1, 0.15) is 11.4 Å². The number of nitrogens with one attached hydrogen (secondary N) is 1. The lowest BCUT2D eigenvalue weighted by atomic mass is 9.86. The summed E-state index contributed by atoms with van der Waals surface area (Å²) in [5.74, 6) is -0.740. The van der Waals surface area contributed by atoms with Crippen molar-refractivity contribution >= 4 is 11.8 Å². The first kappa shape index (κ1) is 15.4. The highest BCUT2D eigenvalue weighted by molar-refractivity contribution is 5.95. The van der Waals surface area contributed by atoms with Crippen LogP contribution in [0.4, 0.5) is 5.82 Å². The number of rotatable bonds is 4. The molecule has 106 valence electrons. The van der Waals surface area contributed by atoms with Gasteiger partial charge in [0.15, 0.2) is 0 Å². The fourth-order valence-corrected chi connectivity index (χ4v) is 1.65. The van der Waals surface area contributed by atoms with Gasteiger partial charge in [0.2, 0.25) is 0 Å². The molecule has 1 aromatic heterocycles. The van der Waals surface area contributed by atoms with Gasteiger partial charge in [-0.1, -0.05) is 0 Å². The summed E-state index contributed by atoms with van der Waals surface area (Å²) in [6.07, 6.45) is 0. The fraction of sp³-hybridized carbons (Fsp3) is 0.571. The van der Waals surface area contributed by atoms with E-state index in [1.165, 1.54) is 0 Å². The van der Waals surface area contributed by atoms with Gasteiger partial charge < -0.3 is 15.5 Å². The number of carbonyl (C=O) groups is 1. The number of aromatic nitrogens is 1. The van der Waals surface area contributed by atoms with Crippen LogP contribution in [0.3, 0.4) is 0 Å². The molecule has 0 unspecified atom stereocenters. The van der Waals surface area contributed by atoms with Crippen molar-refractivity contribution in [3.05, 3.63) is 22.9 Å². The molecule has 0 saturated heterocycles. The van der Waals surface area contributed by atoms with Gasteiger partial charge >= 0.3 is 5.97 Å². The number of aromatic carboxylic acids is 1. The van der Waals surface area contributed by atoms with E-state index < -0.39 is 17.1 Å². The van der Waals surface area contributed by atoms with Gasteiger partial charge in [0.25, 0.3) is 0 Å². The van der Waals surface area contributed by atoms with Gasteiger partial charge in [-0.3, -0.25) is 0 Å². The highest BCUT2D eigenvalue weighted by Crippen LogP contribution is 2.28. The molecule has 5 nitrogen and oxygen atoms in total. The van der Waals surface area contributed by atoms with E-state index in [-0.39, 0.29) is 11.4 Å². The molecule has 3 N–H and O–H groups in total. The SMILES string of the molecule is Cc1cc(C)c(C(=O)O)c(NC(C)(C)C(C)(C)O)n1. The predicted molar refractivity (Wildman–Crippen MR) is 74.7 cm³/mol. The quantitative estimate of drug-likeness (QED) is 0.779. The maximum atomic E-state index is 11.3. The highest BCUT2D eigenvalue weighted by atomic mass is 16.4. The summed E-state index contributed by atoms with van der Waals surface area (Å²) in [5, 5.41) is 22.5. The van der Waals surface area contributed by atoms with E-state index >= 15 is 0 Å². The summed E-state index contributed by atoms with van der Waals surface area (Å²) in [5.41, 5.74) is -0.222. The molecule has 0 atom stereocenters. The number of aliphatic hydroxyl groups is 1. The van der Waals surface area contributed by atoms with Crippen molar-refractivity contribution in [1.29, 1.82) is 0 Å². The van der Waals surface area contributed by atoms with E-state index in [0.29, 0.717) is 5.56 Å². The summed E-state index contributed by atoms with van der Waals surface area (Å²) in [4.78, 5) is 15.6. The Morgan fingerprint density at radius 3 is 2.21 bits per heavy atom. The molecule has 0 aliphatic rings. The Morgan fingerprint density at radius 2 is 1.79 bits per heavy atom. The van der Waals surface area contributed by atoms with Crippen LogP contribution in [0, 0.1) is 13.8 Å². The van der Waals surface area contributed by atoms with Crippen molar-refractivity contribution in [3.8, 4) is 0 Å². The molecule has 0 aromatic carbocycles. The van der Waals surface area contributed by atoms with Crippen molar-refractivity contribution in [2.75, 3.05) is 5.32 Å². The van der Waals surface area contributed by atoms with Crippen LogP contribution in [0.25, 0.3) is 0 Å². The van der Waals surface area contributed by atoms with Crippen molar-refractivity contribution in [2.45, 2.75) is 52.7 Å². The molecular weight excluding hydrogens is 244 g/mol. The predicted octanol–water partition coefficient (Wildman–Crippen LogP) is 2.36. The summed E-state index contributed by atoms with van der Waals surface area (Å²) < 4.78 is 0. The average Bonchev–Trinajstić information content (AvgIpc) is 2.12. The first-order valence-electron chi connectivity index (χ1n) is 6.18. The maximum absolute atomic E-state index is 11.3. The van der Waals surface area contributed by atoms with Crippen molar-refractivity contribution in [3.63, 3.8) is 0 Å². The Bertz CT molecular complexity index is 502. The lowest BCUT2D eigenvalue weighted by molar-refractivity contribution is 0.0237. The van der Waals surface area contributed by atoms with Gasteiger partial charge in [-0.15, -0.1) is 0 Å². The second kappa shape index (κ2) is 4.81. The Balaban J connectivity index is 3.32. The largest absolute Gasteiger partial charge is 0.478 e. The first-order chi connectivity index (χ1) is 8.45. The number of hydrogen-bond acceptors (Lipinski definition) is 4. The summed E-state index contributed by atoms with van der Waals surface area (Å²) in [6, 6.07) is 1.73. The zero-order valence-electron chi connectivity index (χ0n) is 12.3. The van der Waals surface area contributed by atoms with E-state index in [1.54, 1.807) is 47.6 Å². The van der Waals surface area contributed by atoms with E-state index in [9.17, 15) is 15.0 Å². The van der Waals surface area contributed by atoms with Crippen LogP contribution < -0.4 is 5.32 Å². The van der Waals surface area contributed by atoms with Gasteiger partial charge in [-0.05, 0) is 53.2 Å². The van der Waals surface area contributed by atoms with Crippen molar-refractivity contribution in [1.82, 2.24) is 4.98 Å². The minimum absolute atomic E-state index is 0.142. The molecule has 5 heteroatoms. The van der Waals surface area contributed by atoms with Crippen LogP contribution in [-0.4, -0.2) is 32.3 Å². The lowest BCUT2D eigenvalue weighted by Gasteiger charge is -2.38. The van der Waals surface area contributed by atoms with Gasteiger partial charge in [-0.25, -0.2) is 9.78 Å². The fourth-order valence-electron chi connectivity index (χ4n) is 1.65. The molecule has 19 heavy (non-hydrogen) atoms. The molecule has 0 fully saturated rings. The summed E-state index contributed by atoms with van der Waals surface area (Å²) in [6.45, 7) is 10.5. The Kier molecular flexibility index (Phi) is 3.91. The minimum Gasteiger partial charge on any atom is -0.478 e. The van der Waals surface area contributed by atoms with Gasteiger partial charge in [0, 0.05) is 5.69 Å². The molecule has 0 amide bonds. The van der Waals surface area contributed by atoms with Crippen LogP contribution in [0.1, 0.15) is 49.3 Å². The zero-order valence-corrected chi connectivity index (χ0v) is 12.3. The molecule has 0 spiro atoms. The number of pyridine rings is 1. The van der Waals surface area contributed by atoms with E-state index in [4.69, 9.17) is 0 Å². The average molecular weight is 266 g/mol. The molecule has 0 aliphatic heterocycles. The molecule has 1 aromatic rings. The maximum Gasteiger partial charge on any atom is 0.339 e. The molecular formula is C14H22N2O3. The van der Waals surface area contributed by atoms with Crippen LogP contribution in [0.5, 0.6) is 0 Å². The van der Waals surface area contributed by atoms with Gasteiger partial charge in [-0.2, -0.15) is 0 Å². The number of carboxylic acids is 1. The van der Waals surface area contributed by atoms with E-state index in [2.05, 4.69) is 10.3 Å². The van der Waals surface area contributed by atoms with Crippen LogP contribution in [-0.2, 0) is 0 Å². The summed E-state index contributed by atoms with van der Waals surface area (Å²) >= 11 is 0. The number of carboxylic acid groups (broad SMARTS) is 1. The monoisotopic (exact) mass is 266 g/mol. The molecule has 0 saturated carbocycles. The normalized spacial score (nSPS) is 12.4. The third-order valence-electron chi connectivity index (χ3n) is 3.52. The second-order valence-corrected chi connectivity index (χ2v) is 5.92. The van der Waals surface area contributed by atoms with Crippen LogP contribution in [0.2, 0.25) is 0 Å². The van der Waals surface area contributed by atoms with Gasteiger partial charge in [0.05, 0.1) is 11.1 Å². The van der Waals surface area contributed by atoms with Crippen molar-refractivity contribution < 1.29 is 15.0 Å². The molecule has 1 rings (SSSR count). The third kappa shape index (κ3) is 3.23. The second-order valence-electron chi connectivity index (χ2n) is 5.92. The number of aryl methyl sites for hydroxylation is 2. The van der Waals surface area contributed by atoms with E-state index in [0.717, 1.165) is 5.69 Å². The number of anilines is 1. The van der Waals surface area contributed by atoms with E-state index in [1.807, 2.05) is 0 Å². The lowest BCUT2D eigenvalue weighted by Crippen LogP contribution is -2.51. The first-order valence-corrected chi connectivity index (χ1v) is 6.18. The number of hydrogen-bond donors (Lipinski definition) is 3. The molecule has 1 heterocycles. The topological polar surface area (TPSA) is 82.5 Å². The molecule has 0 radical (unpaired) electrons. The molecule has 0 bridgehead atoms. The zero-order chi connectivity index (χ0) is 15.0. The van der Waals surface area contributed by atoms with Crippen LogP contribution in [0.15, 0.2) is 6.07 Å². The van der Waals surface area contributed by atoms with Crippen molar-refractivity contribution in [2.24, 2.45) is 0 Å². The Labute approximate surface area is 113 Å². The Hall–Kier alpha value is -1.62. The minimum atomic E-state index is -1.03.